The van der Waals surface area contributed by atoms with Gasteiger partial charge in [0.15, 0.2) is 0 Å². The van der Waals surface area contributed by atoms with Gasteiger partial charge in [0, 0.05) is 16.7 Å². The minimum Gasteiger partial charge on any atom is -0.326 e. The number of nitrogens with two attached hydrogens (primary N) is 1. The molecule has 3 nitrogen and oxygen atoms in total. The van der Waals surface area contributed by atoms with Crippen molar-refractivity contribution < 1.29 is 0 Å². The Hall–Kier alpha value is -0.450. The molecule has 0 amide bonds. The quantitative estimate of drug-likeness (QED) is 0.913. The normalized spacial score (nSPS) is 26.8. The zero-order valence-corrected chi connectivity index (χ0v) is 11.9. The molecule has 2 heterocycles. The van der Waals surface area contributed by atoms with Gasteiger partial charge >= 0.3 is 0 Å². The first-order valence-corrected chi connectivity index (χ1v) is 7.12. The van der Waals surface area contributed by atoms with Crippen molar-refractivity contribution in [1.29, 1.82) is 0 Å². The first-order valence-electron chi connectivity index (χ1n) is 6.33. The fraction of sp³-hybridized carbons (Fsp3) is 0.615. The lowest BCUT2D eigenvalue weighted by Crippen LogP contribution is -2.40. The van der Waals surface area contributed by atoms with Crippen LogP contribution in [0.2, 0.25) is 0 Å². The van der Waals surface area contributed by atoms with E-state index in [9.17, 15) is 0 Å². The van der Waals surface area contributed by atoms with Crippen LogP contribution in [0.25, 0.3) is 0 Å². The van der Waals surface area contributed by atoms with Crippen LogP contribution in [-0.2, 0) is 0 Å². The molecule has 0 bridgehead atoms. The van der Waals surface area contributed by atoms with E-state index in [1.54, 1.807) is 0 Å². The summed E-state index contributed by atoms with van der Waals surface area (Å²) in [5.41, 5.74) is 7.42. The number of nitrogens with zero attached hydrogens (tertiary/aromatic N) is 2. The summed E-state index contributed by atoms with van der Waals surface area (Å²) < 4.78 is 1.02. The molecule has 1 aromatic heterocycles. The van der Waals surface area contributed by atoms with Crippen LogP contribution in [0, 0.1) is 0 Å². The van der Waals surface area contributed by atoms with Crippen LogP contribution in [-0.4, -0.2) is 29.0 Å². The SMILES string of the molecule is CCN1CCCCC(N)C1c1ccc(Br)cn1. The molecule has 1 fully saturated rings. The summed E-state index contributed by atoms with van der Waals surface area (Å²) in [5.74, 6) is 0. The fourth-order valence-electron chi connectivity index (χ4n) is 2.59. The highest BCUT2D eigenvalue weighted by Gasteiger charge is 2.28. The lowest BCUT2D eigenvalue weighted by Gasteiger charge is -2.32. The second-order valence-corrected chi connectivity index (χ2v) is 5.55. The first kappa shape index (κ1) is 13.0. The van der Waals surface area contributed by atoms with Gasteiger partial charge in [-0.1, -0.05) is 13.3 Å². The second-order valence-electron chi connectivity index (χ2n) is 4.63. The average molecular weight is 298 g/mol. The molecular weight excluding hydrogens is 278 g/mol. The lowest BCUT2D eigenvalue weighted by atomic mass is 10.0. The summed E-state index contributed by atoms with van der Waals surface area (Å²) >= 11 is 3.42. The van der Waals surface area contributed by atoms with E-state index in [4.69, 9.17) is 5.73 Å². The predicted octanol–water partition coefficient (Wildman–Crippen LogP) is 2.72. The summed E-state index contributed by atoms with van der Waals surface area (Å²) in [4.78, 5) is 6.98. The number of pyridine rings is 1. The number of likely N-dealkylation sites (tertiary alicyclic amines) is 1. The van der Waals surface area contributed by atoms with Crippen molar-refractivity contribution in [3.8, 4) is 0 Å². The van der Waals surface area contributed by atoms with Crippen molar-refractivity contribution in [3.05, 3.63) is 28.5 Å². The molecule has 0 saturated carbocycles. The van der Waals surface area contributed by atoms with Gasteiger partial charge in [-0.25, -0.2) is 0 Å². The van der Waals surface area contributed by atoms with E-state index in [-0.39, 0.29) is 12.1 Å². The maximum Gasteiger partial charge on any atom is 0.0673 e. The number of likely N-dealkylation sites (N-methyl/N-ethyl adjacent to an activating group) is 1. The summed E-state index contributed by atoms with van der Waals surface area (Å²) in [6.45, 7) is 4.37. The van der Waals surface area contributed by atoms with Crippen LogP contribution in [0.15, 0.2) is 22.8 Å². The van der Waals surface area contributed by atoms with Gasteiger partial charge in [0.25, 0.3) is 0 Å². The zero-order chi connectivity index (χ0) is 12.3. The van der Waals surface area contributed by atoms with Gasteiger partial charge in [-0.15, -0.1) is 0 Å². The highest BCUT2D eigenvalue weighted by atomic mass is 79.9. The molecule has 1 aliphatic heterocycles. The van der Waals surface area contributed by atoms with Crippen LogP contribution in [0.5, 0.6) is 0 Å². The Bertz CT molecular complexity index is 352. The van der Waals surface area contributed by atoms with Crippen LogP contribution < -0.4 is 5.73 Å². The Morgan fingerprint density at radius 1 is 1.47 bits per heavy atom. The topological polar surface area (TPSA) is 42.1 Å². The Balaban J connectivity index is 2.26. The van der Waals surface area contributed by atoms with Gasteiger partial charge in [0.1, 0.15) is 0 Å². The molecule has 1 saturated heterocycles. The van der Waals surface area contributed by atoms with Gasteiger partial charge in [-0.3, -0.25) is 9.88 Å². The van der Waals surface area contributed by atoms with E-state index in [1.807, 2.05) is 12.3 Å². The smallest absolute Gasteiger partial charge is 0.0673 e. The first-order chi connectivity index (χ1) is 8.22. The average Bonchev–Trinajstić information content (AvgIpc) is 2.52. The summed E-state index contributed by atoms with van der Waals surface area (Å²) in [6, 6.07) is 4.61. The summed E-state index contributed by atoms with van der Waals surface area (Å²) in [6.07, 6.45) is 5.43. The Labute approximate surface area is 112 Å². The summed E-state index contributed by atoms with van der Waals surface area (Å²) in [7, 11) is 0. The van der Waals surface area contributed by atoms with E-state index < -0.39 is 0 Å². The predicted molar refractivity (Wildman–Crippen MR) is 73.8 cm³/mol. The van der Waals surface area contributed by atoms with Crippen molar-refractivity contribution >= 4 is 15.9 Å². The largest absolute Gasteiger partial charge is 0.326 e. The molecule has 94 valence electrons. The zero-order valence-electron chi connectivity index (χ0n) is 10.3. The molecule has 1 aliphatic rings. The minimum absolute atomic E-state index is 0.200. The molecule has 0 aliphatic carbocycles. The number of hydrogen-bond acceptors (Lipinski definition) is 3. The third-order valence-electron chi connectivity index (χ3n) is 3.49. The molecule has 2 atom stereocenters. The van der Waals surface area contributed by atoms with Gasteiger partial charge in [-0.2, -0.15) is 0 Å². The second kappa shape index (κ2) is 5.94. The Kier molecular flexibility index (Phi) is 4.54. The molecule has 2 rings (SSSR count). The molecule has 0 radical (unpaired) electrons. The van der Waals surface area contributed by atoms with E-state index in [1.165, 1.54) is 12.8 Å². The van der Waals surface area contributed by atoms with Crippen molar-refractivity contribution in [2.45, 2.75) is 38.3 Å². The van der Waals surface area contributed by atoms with Crippen molar-refractivity contribution in [1.82, 2.24) is 9.88 Å². The Morgan fingerprint density at radius 3 is 2.94 bits per heavy atom. The van der Waals surface area contributed by atoms with E-state index in [2.05, 4.69) is 38.8 Å². The number of halogens is 1. The third kappa shape index (κ3) is 3.06. The van der Waals surface area contributed by atoms with Crippen LogP contribution in [0.4, 0.5) is 0 Å². The van der Waals surface area contributed by atoms with Crippen LogP contribution in [0.3, 0.4) is 0 Å². The molecule has 2 unspecified atom stereocenters. The molecule has 17 heavy (non-hydrogen) atoms. The Morgan fingerprint density at radius 2 is 2.29 bits per heavy atom. The van der Waals surface area contributed by atoms with E-state index in [0.717, 1.165) is 29.7 Å². The van der Waals surface area contributed by atoms with Crippen molar-refractivity contribution in [2.24, 2.45) is 5.73 Å². The molecule has 2 N–H and O–H groups in total. The van der Waals surface area contributed by atoms with E-state index in [0.29, 0.717) is 0 Å². The van der Waals surface area contributed by atoms with Crippen molar-refractivity contribution in [2.75, 3.05) is 13.1 Å². The van der Waals surface area contributed by atoms with Crippen LogP contribution >= 0.6 is 15.9 Å². The highest BCUT2D eigenvalue weighted by molar-refractivity contribution is 9.10. The van der Waals surface area contributed by atoms with Crippen molar-refractivity contribution in [3.63, 3.8) is 0 Å². The molecule has 1 aromatic rings. The number of rotatable bonds is 2. The maximum atomic E-state index is 6.32. The molecule has 0 aromatic carbocycles. The monoisotopic (exact) mass is 297 g/mol. The standard InChI is InChI=1S/C13H20BrN3/c1-2-17-8-4-3-5-11(15)13(17)12-7-6-10(14)9-16-12/h6-7,9,11,13H,2-5,8,15H2,1H3. The summed E-state index contributed by atoms with van der Waals surface area (Å²) in [5, 5.41) is 0. The number of aromatic nitrogens is 1. The lowest BCUT2D eigenvalue weighted by molar-refractivity contribution is 0.191. The fourth-order valence-corrected chi connectivity index (χ4v) is 2.82. The molecule has 4 heteroatoms. The van der Waals surface area contributed by atoms with Gasteiger partial charge in [0.2, 0.25) is 0 Å². The highest BCUT2D eigenvalue weighted by Crippen LogP contribution is 2.28. The molecule has 0 spiro atoms. The minimum atomic E-state index is 0.200. The molecular formula is C13H20BrN3. The van der Waals surface area contributed by atoms with E-state index >= 15 is 0 Å². The number of hydrogen-bond donors (Lipinski definition) is 1. The van der Waals surface area contributed by atoms with Crippen LogP contribution in [0.1, 0.15) is 37.9 Å². The van der Waals surface area contributed by atoms with Gasteiger partial charge in [-0.05, 0) is 54.0 Å². The maximum absolute atomic E-state index is 6.32. The van der Waals surface area contributed by atoms with Gasteiger partial charge in [0.05, 0.1) is 11.7 Å². The third-order valence-corrected chi connectivity index (χ3v) is 3.96. The van der Waals surface area contributed by atoms with Gasteiger partial charge < -0.3 is 5.73 Å².